The zero-order valence-corrected chi connectivity index (χ0v) is 14.1. The Morgan fingerprint density at radius 3 is 2.61 bits per heavy atom. The van der Waals surface area contributed by atoms with Crippen molar-refractivity contribution in [1.82, 2.24) is 10.6 Å². The van der Waals surface area contributed by atoms with E-state index in [1.54, 1.807) is 7.11 Å². The summed E-state index contributed by atoms with van der Waals surface area (Å²) in [5, 5.41) is 6.52. The average Bonchev–Trinajstić information content (AvgIpc) is 3.15. The van der Waals surface area contributed by atoms with Crippen molar-refractivity contribution >= 4 is 5.91 Å². The highest BCUT2D eigenvalue weighted by Gasteiger charge is 2.35. The summed E-state index contributed by atoms with van der Waals surface area (Å²) in [7, 11) is 1.70. The number of amides is 1. The highest BCUT2D eigenvalue weighted by molar-refractivity contribution is 5.79. The largest absolute Gasteiger partial charge is 0.497 e. The van der Waals surface area contributed by atoms with Crippen molar-refractivity contribution in [3.63, 3.8) is 0 Å². The van der Waals surface area contributed by atoms with Gasteiger partial charge in [-0.15, -0.1) is 0 Å². The normalized spacial score (nSPS) is 23.4. The van der Waals surface area contributed by atoms with Crippen LogP contribution in [0.25, 0.3) is 0 Å². The zero-order valence-electron chi connectivity index (χ0n) is 14.1. The lowest BCUT2D eigenvalue weighted by Crippen LogP contribution is -2.44. The Balaban J connectivity index is 1.71. The molecule has 1 aromatic carbocycles. The molecular formula is C19H28N2O2. The molecule has 1 aliphatic carbocycles. The van der Waals surface area contributed by atoms with E-state index < -0.39 is 0 Å². The summed E-state index contributed by atoms with van der Waals surface area (Å²) in [5.41, 5.74) is 1.43. The highest BCUT2D eigenvalue weighted by Crippen LogP contribution is 2.39. The predicted molar refractivity (Wildman–Crippen MR) is 91.7 cm³/mol. The maximum atomic E-state index is 12.4. The van der Waals surface area contributed by atoms with Crippen LogP contribution in [0, 0.1) is 5.92 Å². The van der Waals surface area contributed by atoms with Crippen LogP contribution in [0.15, 0.2) is 24.3 Å². The molecule has 0 spiro atoms. The Hall–Kier alpha value is -1.55. The number of benzene rings is 1. The van der Waals surface area contributed by atoms with Crippen LogP contribution < -0.4 is 15.4 Å². The first kappa shape index (κ1) is 16.3. The Morgan fingerprint density at radius 1 is 1.26 bits per heavy atom. The number of carbonyl (C=O) groups is 1. The summed E-state index contributed by atoms with van der Waals surface area (Å²) in [6.07, 6.45) is 7.06. The van der Waals surface area contributed by atoms with E-state index >= 15 is 0 Å². The minimum atomic E-state index is 0.0895. The third-order valence-electron chi connectivity index (χ3n) is 5.55. The van der Waals surface area contributed by atoms with Gasteiger partial charge in [-0.2, -0.15) is 0 Å². The lowest BCUT2D eigenvalue weighted by atomic mass is 9.69. The SMILES string of the molecule is COc1ccc(C2(CNC(=O)C3CCNC3)CCCCC2)cc1. The molecule has 4 nitrogen and oxygen atoms in total. The molecule has 126 valence electrons. The van der Waals surface area contributed by atoms with Crippen molar-refractivity contribution in [2.24, 2.45) is 5.92 Å². The maximum Gasteiger partial charge on any atom is 0.224 e. The smallest absolute Gasteiger partial charge is 0.224 e. The maximum absolute atomic E-state index is 12.4. The second-order valence-corrected chi connectivity index (χ2v) is 6.98. The fourth-order valence-corrected chi connectivity index (χ4v) is 4.02. The van der Waals surface area contributed by atoms with Gasteiger partial charge in [-0.1, -0.05) is 31.4 Å². The van der Waals surface area contributed by atoms with Crippen molar-refractivity contribution in [3.8, 4) is 5.75 Å². The van der Waals surface area contributed by atoms with Crippen LogP contribution in [0.1, 0.15) is 44.1 Å². The average molecular weight is 316 g/mol. The minimum absolute atomic E-state index is 0.0895. The van der Waals surface area contributed by atoms with E-state index in [1.165, 1.54) is 24.8 Å². The first-order valence-corrected chi connectivity index (χ1v) is 8.86. The summed E-state index contributed by atoms with van der Waals surface area (Å²) < 4.78 is 5.28. The standard InChI is InChI=1S/C19H28N2O2/c1-23-17-7-5-16(6-8-17)19(10-3-2-4-11-19)14-21-18(22)15-9-12-20-13-15/h5-8,15,20H,2-4,9-14H2,1H3,(H,21,22). The van der Waals surface area contributed by atoms with Crippen molar-refractivity contribution in [2.45, 2.75) is 43.9 Å². The van der Waals surface area contributed by atoms with E-state index in [1.807, 2.05) is 12.1 Å². The third kappa shape index (κ3) is 3.69. The molecule has 0 bridgehead atoms. The van der Waals surface area contributed by atoms with Crippen LogP contribution in [0.3, 0.4) is 0 Å². The van der Waals surface area contributed by atoms with Gasteiger partial charge in [0.1, 0.15) is 5.75 Å². The van der Waals surface area contributed by atoms with Crippen LogP contribution in [-0.2, 0) is 10.2 Å². The molecule has 1 aromatic rings. The van der Waals surface area contributed by atoms with Crippen LogP contribution in [0.4, 0.5) is 0 Å². The summed E-state index contributed by atoms with van der Waals surface area (Å²) in [6.45, 7) is 2.54. The second-order valence-electron chi connectivity index (χ2n) is 6.98. The summed E-state index contributed by atoms with van der Waals surface area (Å²) in [4.78, 5) is 12.4. The molecule has 2 fully saturated rings. The molecule has 1 unspecified atom stereocenters. The lowest BCUT2D eigenvalue weighted by Gasteiger charge is -2.38. The molecule has 1 saturated heterocycles. The van der Waals surface area contributed by atoms with Gasteiger partial charge in [-0.05, 0) is 43.5 Å². The third-order valence-corrected chi connectivity index (χ3v) is 5.55. The number of carbonyl (C=O) groups excluding carboxylic acids is 1. The van der Waals surface area contributed by atoms with E-state index in [2.05, 4.69) is 22.8 Å². The monoisotopic (exact) mass is 316 g/mol. The van der Waals surface area contributed by atoms with Gasteiger partial charge in [0, 0.05) is 18.5 Å². The molecule has 1 saturated carbocycles. The van der Waals surface area contributed by atoms with Crippen LogP contribution in [0.2, 0.25) is 0 Å². The molecule has 1 amide bonds. The number of ether oxygens (including phenoxy) is 1. The first-order valence-electron chi connectivity index (χ1n) is 8.86. The quantitative estimate of drug-likeness (QED) is 0.878. The molecule has 0 radical (unpaired) electrons. The molecule has 1 heterocycles. The van der Waals surface area contributed by atoms with Gasteiger partial charge in [0.2, 0.25) is 5.91 Å². The van der Waals surface area contributed by atoms with Crippen molar-refractivity contribution in [1.29, 1.82) is 0 Å². The Kier molecular flexibility index (Phi) is 5.21. The molecule has 2 aliphatic rings. The van der Waals surface area contributed by atoms with Gasteiger partial charge in [-0.25, -0.2) is 0 Å². The van der Waals surface area contributed by atoms with E-state index in [0.717, 1.165) is 44.6 Å². The van der Waals surface area contributed by atoms with Crippen molar-refractivity contribution < 1.29 is 9.53 Å². The number of hydrogen-bond acceptors (Lipinski definition) is 3. The Labute approximate surface area is 139 Å². The highest BCUT2D eigenvalue weighted by atomic mass is 16.5. The van der Waals surface area contributed by atoms with Crippen LogP contribution in [0.5, 0.6) is 5.75 Å². The van der Waals surface area contributed by atoms with Gasteiger partial charge >= 0.3 is 0 Å². The Bertz CT molecular complexity index is 515. The number of rotatable bonds is 5. The van der Waals surface area contributed by atoms with E-state index in [0.29, 0.717) is 0 Å². The van der Waals surface area contributed by atoms with Gasteiger partial charge < -0.3 is 15.4 Å². The molecule has 1 atom stereocenters. The minimum Gasteiger partial charge on any atom is -0.497 e. The molecule has 3 rings (SSSR count). The van der Waals surface area contributed by atoms with E-state index in [-0.39, 0.29) is 17.2 Å². The molecular weight excluding hydrogens is 288 g/mol. The number of methoxy groups -OCH3 is 1. The molecule has 4 heteroatoms. The summed E-state index contributed by atoms with van der Waals surface area (Å²) in [6, 6.07) is 8.42. The number of hydrogen-bond donors (Lipinski definition) is 2. The fraction of sp³-hybridized carbons (Fsp3) is 0.632. The van der Waals surface area contributed by atoms with Crippen molar-refractivity contribution in [3.05, 3.63) is 29.8 Å². The lowest BCUT2D eigenvalue weighted by molar-refractivity contribution is -0.124. The second kappa shape index (κ2) is 7.35. The van der Waals surface area contributed by atoms with Gasteiger partial charge in [0.05, 0.1) is 13.0 Å². The summed E-state index contributed by atoms with van der Waals surface area (Å²) in [5.74, 6) is 1.25. The predicted octanol–water partition coefficient (Wildman–Crippen LogP) is 2.62. The van der Waals surface area contributed by atoms with E-state index in [9.17, 15) is 4.79 Å². The van der Waals surface area contributed by atoms with Crippen LogP contribution >= 0.6 is 0 Å². The number of nitrogens with one attached hydrogen (secondary N) is 2. The van der Waals surface area contributed by atoms with E-state index in [4.69, 9.17) is 4.74 Å². The van der Waals surface area contributed by atoms with Crippen LogP contribution in [-0.4, -0.2) is 32.7 Å². The Morgan fingerprint density at radius 2 is 2.00 bits per heavy atom. The van der Waals surface area contributed by atoms with Gasteiger partial charge in [0.15, 0.2) is 0 Å². The molecule has 1 aliphatic heterocycles. The molecule has 23 heavy (non-hydrogen) atoms. The summed E-state index contributed by atoms with van der Waals surface area (Å²) >= 11 is 0. The molecule has 0 aromatic heterocycles. The fourth-order valence-electron chi connectivity index (χ4n) is 4.02. The molecule has 2 N–H and O–H groups in total. The zero-order chi connectivity index (χ0) is 16.1. The van der Waals surface area contributed by atoms with Crippen molar-refractivity contribution in [2.75, 3.05) is 26.7 Å². The topological polar surface area (TPSA) is 50.4 Å². The van der Waals surface area contributed by atoms with Gasteiger partial charge in [-0.3, -0.25) is 4.79 Å². The van der Waals surface area contributed by atoms with Gasteiger partial charge in [0.25, 0.3) is 0 Å². The first-order chi connectivity index (χ1) is 11.2.